The van der Waals surface area contributed by atoms with Crippen LogP contribution in [0, 0.1) is 0 Å². The number of amides is 1. The molecule has 3 unspecified atom stereocenters. The minimum atomic E-state index is -0.0722. The molecule has 0 saturated carbocycles. The second-order valence-corrected chi connectivity index (χ2v) is 6.73. The molecule has 0 aliphatic carbocycles. The first-order valence-electron chi connectivity index (χ1n) is 7.25. The Kier molecular flexibility index (Phi) is 5.49. The molecular weight excluding hydrogens is 268 g/mol. The Bertz CT molecular complexity index is 437. The number of thioether (sulfide) groups is 1. The monoisotopic (exact) mass is 292 g/mol. The van der Waals surface area contributed by atoms with E-state index in [9.17, 15) is 4.79 Å². The van der Waals surface area contributed by atoms with Crippen molar-refractivity contribution < 1.29 is 4.79 Å². The number of nitrogens with zero attached hydrogens (tertiary/aromatic N) is 1. The molecule has 2 rings (SSSR count). The second-order valence-electron chi connectivity index (χ2n) is 5.45. The fourth-order valence-electron chi connectivity index (χ4n) is 2.58. The van der Waals surface area contributed by atoms with Gasteiger partial charge in [-0.1, -0.05) is 37.3 Å². The van der Waals surface area contributed by atoms with E-state index in [4.69, 9.17) is 0 Å². The predicted octanol–water partition coefficient (Wildman–Crippen LogP) is 2.52. The zero-order chi connectivity index (χ0) is 14.5. The van der Waals surface area contributed by atoms with Crippen LogP contribution in [0.2, 0.25) is 0 Å². The van der Waals surface area contributed by atoms with Crippen molar-refractivity contribution in [3.8, 4) is 0 Å². The van der Waals surface area contributed by atoms with Gasteiger partial charge in [0.25, 0.3) is 0 Å². The highest BCUT2D eigenvalue weighted by Gasteiger charge is 2.35. The first-order chi connectivity index (χ1) is 9.61. The summed E-state index contributed by atoms with van der Waals surface area (Å²) in [6.45, 7) is 5.14. The predicted molar refractivity (Wildman–Crippen MR) is 85.8 cm³/mol. The highest BCUT2D eigenvalue weighted by Crippen LogP contribution is 2.17. The number of carbonyl (C=O) groups is 1. The number of nitrogens with one attached hydrogen (secondary N) is 1. The Morgan fingerprint density at radius 3 is 2.70 bits per heavy atom. The van der Waals surface area contributed by atoms with Crippen LogP contribution in [0.4, 0.5) is 0 Å². The minimum absolute atomic E-state index is 0.0722. The van der Waals surface area contributed by atoms with Crippen molar-refractivity contribution in [2.24, 2.45) is 0 Å². The van der Waals surface area contributed by atoms with Crippen molar-refractivity contribution in [2.75, 3.05) is 12.8 Å². The van der Waals surface area contributed by atoms with Crippen molar-refractivity contribution in [3.63, 3.8) is 0 Å². The van der Waals surface area contributed by atoms with Gasteiger partial charge in [0.1, 0.15) is 0 Å². The molecule has 4 heteroatoms. The standard InChI is InChI=1S/C16H24N2OS/c1-12(20-3)9-10-18-13(2)17-15(16(18)19)11-14-7-5-4-6-8-14/h4-8,12-13,15,17H,9-11H2,1-3H3. The molecule has 110 valence electrons. The highest BCUT2D eigenvalue weighted by atomic mass is 32.2. The van der Waals surface area contributed by atoms with Gasteiger partial charge in [-0.05, 0) is 31.6 Å². The van der Waals surface area contributed by atoms with Gasteiger partial charge in [-0.3, -0.25) is 10.1 Å². The lowest BCUT2D eigenvalue weighted by Gasteiger charge is -2.22. The lowest BCUT2D eigenvalue weighted by molar-refractivity contribution is -0.129. The molecule has 1 N–H and O–H groups in total. The molecule has 0 spiro atoms. The van der Waals surface area contributed by atoms with Gasteiger partial charge in [-0.25, -0.2) is 0 Å². The number of benzene rings is 1. The molecular formula is C16H24N2OS. The normalized spacial score (nSPS) is 24.1. The molecule has 3 nitrogen and oxygen atoms in total. The third kappa shape index (κ3) is 3.76. The molecule has 1 fully saturated rings. The van der Waals surface area contributed by atoms with Crippen LogP contribution in [-0.4, -0.2) is 41.1 Å². The molecule has 1 aromatic carbocycles. The van der Waals surface area contributed by atoms with Crippen molar-refractivity contribution in [2.45, 2.75) is 44.1 Å². The maximum Gasteiger partial charge on any atom is 0.241 e. The third-order valence-corrected chi connectivity index (χ3v) is 4.99. The van der Waals surface area contributed by atoms with Crippen LogP contribution >= 0.6 is 11.8 Å². The Balaban J connectivity index is 1.93. The fourth-order valence-corrected chi connectivity index (χ4v) is 2.92. The highest BCUT2D eigenvalue weighted by molar-refractivity contribution is 7.99. The topological polar surface area (TPSA) is 32.3 Å². The van der Waals surface area contributed by atoms with E-state index in [2.05, 4.69) is 37.6 Å². The Labute approximate surface area is 126 Å². The fraction of sp³-hybridized carbons (Fsp3) is 0.562. The summed E-state index contributed by atoms with van der Waals surface area (Å²) in [5, 5.41) is 4.01. The Hall–Kier alpha value is -1.00. The Morgan fingerprint density at radius 2 is 2.05 bits per heavy atom. The van der Waals surface area contributed by atoms with E-state index in [1.807, 2.05) is 34.9 Å². The van der Waals surface area contributed by atoms with E-state index in [-0.39, 0.29) is 18.1 Å². The number of carbonyl (C=O) groups excluding carboxylic acids is 1. The van der Waals surface area contributed by atoms with Crippen molar-refractivity contribution in [3.05, 3.63) is 35.9 Å². The van der Waals surface area contributed by atoms with Crippen molar-refractivity contribution in [1.82, 2.24) is 10.2 Å². The quantitative estimate of drug-likeness (QED) is 0.874. The molecule has 1 aromatic rings. The number of rotatable bonds is 6. The Morgan fingerprint density at radius 1 is 1.35 bits per heavy atom. The molecule has 1 aliphatic heterocycles. The van der Waals surface area contributed by atoms with Crippen molar-refractivity contribution in [1.29, 1.82) is 0 Å². The second kappa shape index (κ2) is 7.14. The molecule has 0 radical (unpaired) electrons. The molecule has 20 heavy (non-hydrogen) atoms. The van der Waals surface area contributed by atoms with Crippen LogP contribution in [0.1, 0.15) is 25.8 Å². The van der Waals surface area contributed by atoms with Crippen LogP contribution in [-0.2, 0) is 11.2 Å². The van der Waals surface area contributed by atoms with Crippen LogP contribution < -0.4 is 5.32 Å². The first kappa shape index (κ1) is 15.4. The average molecular weight is 292 g/mol. The van der Waals surface area contributed by atoms with E-state index in [0.717, 1.165) is 19.4 Å². The van der Waals surface area contributed by atoms with Crippen LogP contribution in [0.5, 0.6) is 0 Å². The summed E-state index contributed by atoms with van der Waals surface area (Å²) in [5.41, 5.74) is 1.21. The van der Waals surface area contributed by atoms with Crippen LogP contribution in [0.25, 0.3) is 0 Å². The van der Waals surface area contributed by atoms with Gasteiger partial charge in [0, 0.05) is 11.8 Å². The molecule has 1 aliphatic rings. The van der Waals surface area contributed by atoms with E-state index in [1.165, 1.54) is 5.56 Å². The summed E-state index contributed by atoms with van der Waals surface area (Å²) in [4.78, 5) is 14.5. The van der Waals surface area contributed by atoms with Gasteiger partial charge in [0.15, 0.2) is 0 Å². The molecule has 0 bridgehead atoms. The van der Waals surface area contributed by atoms with Gasteiger partial charge in [-0.2, -0.15) is 11.8 Å². The summed E-state index contributed by atoms with van der Waals surface area (Å²) in [7, 11) is 0. The molecule has 0 aromatic heterocycles. The van der Waals surface area contributed by atoms with Crippen LogP contribution in [0.15, 0.2) is 30.3 Å². The zero-order valence-corrected chi connectivity index (χ0v) is 13.3. The van der Waals surface area contributed by atoms with Gasteiger partial charge < -0.3 is 4.90 Å². The zero-order valence-electron chi connectivity index (χ0n) is 12.5. The lowest BCUT2D eigenvalue weighted by atomic mass is 10.1. The van der Waals surface area contributed by atoms with Crippen LogP contribution in [0.3, 0.4) is 0 Å². The molecule has 1 saturated heterocycles. The summed E-state index contributed by atoms with van der Waals surface area (Å²) in [6.07, 6.45) is 4.09. The third-order valence-electron chi connectivity index (χ3n) is 3.95. The minimum Gasteiger partial charge on any atom is -0.326 e. The molecule has 1 amide bonds. The van der Waals surface area contributed by atoms with Gasteiger partial charge in [0.2, 0.25) is 5.91 Å². The van der Waals surface area contributed by atoms with E-state index < -0.39 is 0 Å². The number of hydrogen-bond donors (Lipinski definition) is 1. The van der Waals surface area contributed by atoms with Gasteiger partial charge in [0.05, 0.1) is 12.2 Å². The molecule has 3 atom stereocenters. The summed E-state index contributed by atoms with van der Waals surface area (Å²) >= 11 is 1.86. The smallest absolute Gasteiger partial charge is 0.241 e. The largest absolute Gasteiger partial charge is 0.326 e. The van der Waals surface area contributed by atoms with E-state index in [0.29, 0.717) is 5.25 Å². The van der Waals surface area contributed by atoms with Crippen molar-refractivity contribution >= 4 is 17.7 Å². The maximum atomic E-state index is 12.5. The number of hydrogen-bond acceptors (Lipinski definition) is 3. The maximum absolute atomic E-state index is 12.5. The summed E-state index contributed by atoms with van der Waals surface area (Å²) in [6, 6.07) is 10.1. The first-order valence-corrected chi connectivity index (χ1v) is 8.54. The molecule has 1 heterocycles. The van der Waals surface area contributed by atoms with E-state index >= 15 is 0 Å². The van der Waals surface area contributed by atoms with E-state index in [1.54, 1.807) is 0 Å². The average Bonchev–Trinajstić information content (AvgIpc) is 2.72. The lowest BCUT2D eigenvalue weighted by Crippen LogP contribution is -2.36. The summed E-state index contributed by atoms with van der Waals surface area (Å²) in [5.74, 6) is 0.245. The SMILES string of the molecule is CSC(C)CCN1C(=O)C(Cc2ccccc2)NC1C. The van der Waals surface area contributed by atoms with Gasteiger partial charge >= 0.3 is 0 Å². The summed E-state index contributed by atoms with van der Waals surface area (Å²) < 4.78 is 0. The van der Waals surface area contributed by atoms with Gasteiger partial charge in [-0.15, -0.1) is 0 Å².